The Hall–Kier alpha value is -0.520. The molecule has 0 aliphatic heterocycles. The smallest absolute Gasteiger partial charge is 0.213 e. The molecule has 0 saturated carbocycles. The first kappa shape index (κ1) is 15.5. The van der Waals surface area contributed by atoms with Crippen molar-refractivity contribution in [3.63, 3.8) is 0 Å². The summed E-state index contributed by atoms with van der Waals surface area (Å²) < 4.78 is 38.9. The SMILES string of the molecule is CC(C)c1cccc(Cl)c1S(=O)(=O)OC[P+](=O)O. The molecule has 5 nitrogen and oxygen atoms in total. The van der Waals surface area contributed by atoms with E-state index in [1.54, 1.807) is 12.1 Å². The zero-order valence-electron chi connectivity index (χ0n) is 9.83. The van der Waals surface area contributed by atoms with Crippen LogP contribution in [-0.2, 0) is 18.9 Å². The standard InChI is InChI=1S/C10H12ClO5PS/c1-7(2)8-4-3-5-9(11)10(8)18(14,15)16-6-17(12)13/h3-5,7H,6H2,1-2H3/p+1. The summed E-state index contributed by atoms with van der Waals surface area (Å²) in [6, 6.07) is 4.71. The molecule has 0 spiro atoms. The quantitative estimate of drug-likeness (QED) is 0.668. The molecule has 0 fully saturated rings. The number of hydrogen-bond acceptors (Lipinski definition) is 4. The Bertz CT molecular complexity index is 555. The van der Waals surface area contributed by atoms with Crippen LogP contribution in [0.4, 0.5) is 0 Å². The third-order valence-corrected chi connectivity index (χ3v) is 4.52. The second-order valence-corrected chi connectivity index (χ2v) is 6.79. The Morgan fingerprint density at radius 2 is 2.06 bits per heavy atom. The number of halogens is 1. The molecule has 0 heterocycles. The molecular formula is C10H13ClO5PS+. The van der Waals surface area contributed by atoms with Crippen molar-refractivity contribution in [2.24, 2.45) is 0 Å². The Morgan fingerprint density at radius 1 is 1.44 bits per heavy atom. The molecule has 1 rings (SSSR count). The third kappa shape index (κ3) is 3.73. The van der Waals surface area contributed by atoms with Gasteiger partial charge in [0.2, 0.25) is 0 Å². The van der Waals surface area contributed by atoms with Crippen LogP contribution in [0.3, 0.4) is 0 Å². The maximum Gasteiger partial charge on any atom is 0.535 e. The van der Waals surface area contributed by atoms with Gasteiger partial charge in [-0.2, -0.15) is 13.3 Å². The zero-order valence-corrected chi connectivity index (χ0v) is 12.3. The molecule has 0 amide bonds. The molecule has 1 atom stereocenters. The van der Waals surface area contributed by atoms with Crippen molar-refractivity contribution in [3.05, 3.63) is 28.8 Å². The molecule has 1 N–H and O–H groups in total. The van der Waals surface area contributed by atoms with E-state index in [4.69, 9.17) is 16.5 Å². The summed E-state index contributed by atoms with van der Waals surface area (Å²) >= 11 is 5.88. The lowest BCUT2D eigenvalue weighted by Crippen LogP contribution is -2.10. The van der Waals surface area contributed by atoms with E-state index < -0.39 is 24.5 Å². The van der Waals surface area contributed by atoms with Crippen LogP contribution < -0.4 is 0 Å². The van der Waals surface area contributed by atoms with Gasteiger partial charge in [-0.15, -0.1) is 0 Å². The Kier molecular flexibility index (Phi) is 5.25. The second kappa shape index (κ2) is 6.08. The van der Waals surface area contributed by atoms with E-state index in [2.05, 4.69) is 4.18 Å². The Labute approximate surface area is 112 Å². The maximum atomic E-state index is 11.9. The molecule has 0 bridgehead atoms. The van der Waals surface area contributed by atoms with E-state index in [1.807, 2.05) is 13.8 Å². The molecular weight excluding hydrogens is 299 g/mol. The molecule has 0 aliphatic rings. The zero-order chi connectivity index (χ0) is 13.9. The second-order valence-electron chi connectivity index (χ2n) is 3.87. The minimum Gasteiger partial charge on any atom is -0.213 e. The summed E-state index contributed by atoms with van der Waals surface area (Å²) in [5.41, 5.74) is 0.510. The van der Waals surface area contributed by atoms with Crippen molar-refractivity contribution in [3.8, 4) is 0 Å². The third-order valence-electron chi connectivity index (χ3n) is 2.19. The van der Waals surface area contributed by atoms with Gasteiger partial charge in [0, 0.05) is 0 Å². The van der Waals surface area contributed by atoms with E-state index in [-0.39, 0.29) is 15.8 Å². The van der Waals surface area contributed by atoms with Gasteiger partial charge in [-0.25, -0.2) is 4.18 Å². The highest BCUT2D eigenvalue weighted by molar-refractivity contribution is 7.87. The van der Waals surface area contributed by atoms with Crippen molar-refractivity contribution < 1.29 is 22.1 Å². The van der Waals surface area contributed by atoms with Crippen LogP contribution in [0.15, 0.2) is 23.1 Å². The molecule has 0 aromatic heterocycles. The van der Waals surface area contributed by atoms with Gasteiger partial charge in [0.05, 0.1) is 5.02 Å². The molecule has 1 aromatic carbocycles. The molecule has 1 unspecified atom stereocenters. The fraction of sp³-hybridized carbons (Fsp3) is 0.400. The van der Waals surface area contributed by atoms with Gasteiger partial charge in [-0.3, -0.25) is 0 Å². The molecule has 8 heteroatoms. The lowest BCUT2D eigenvalue weighted by Gasteiger charge is -2.13. The van der Waals surface area contributed by atoms with Gasteiger partial charge < -0.3 is 0 Å². The Balaban J connectivity index is 3.27. The first-order valence-corrected chi connectivity index (χ1v) is 8.25. The molecule has 0 radical (unpaired) electrons. The van der Waals surface area contributed by atoms with Gasteiger partial charge in [-0.05, 0) is 22.1 Å². The molecule has 0 aliphatic carbocycles. The van der Waals surface area contributed by atoms with Gasteiger partial charge in [0.25, 0.3) is 6.35 Å². The highest BCUT2D eigenvalue weighted by Gasteiger charge is 2.27. The number of hydrogen-bond donors (Lipinski definition) is 1. The normalized spacial score (nSPS) is 12.8. The molecule has 100 valence electrons. The maximum absolute atomic E-state index is 11.9. The van der Waals surface area contributed by atoms with Crippen molar-refractivity contribution in [1.29, 1.82) is 0 Å². The van der Waals surface area contributed by atoms with E-state index in [0.717, 1.165) is 0 Å². The average Bonchev–Trinajstić information content (AvgIpc) is 2.25. The monoisotopic (exact) mass is 311 g/mol. The summed E-state index contributed by atoms with van der Waals surface area (Å²) in [5, 5.41) is 0.0365. The lowest BCUT2D eigenvalue weighted by molar-refractivity contribution is 0.355. The van der Waals surface area contributed by atoms with Crippen LogP contribution in [0.25, 0.3) is 0 Å². The molecule has 1 aromatic rings. The summed E-state index contributed by atoms with van der Waals surface area (Å²) in [6.07, 6.45) is -0.777. The fourth-order valence-electron chi connectivity index (χ4n) is 1.42. The van der Waals surface area contributed by atoms with Gasteiger partial charge in [-0.1, -0.05) is 37.6 Å². The number of benzene rings is 1. The van der Waals surface area contributed by atoms with Crippen LogP contribution in [-0.4, -0.2) is 19.7 Å². The predicted octanol–water partition coefficient (Wildman–Crippen LogP) is 2.86. The van der Waals surface area contributed by atoms with Crippen LogP contribution >= 0.6 is 19.6 Å². The fourth-order valence-corrected chi connectivity index (χ4v) is 3.82. The highest BCUT2D eigenvalue weighted by atomic mass is 35.5. The van der Waals surface area contributed by atoms with Crippen molar-refractivity contribution >= 4 is 29.7 Å². The van der Waals surface area contributed by atoms with Crippen LogP contribution in [0.5, 0.6) is 0 Å². The van der Waals surface area contributed by atoms with E-state index in [1.165, 1.54) is 6.07 Å². The van der Waals surface area contributed by atoms with Crippen molar-refractivity contribution in [2.75, 3.05) is 6.35 Å². The first-order valence-electron chi connectivity index (χ1n) is 5.07. The predicted molar refractivity (Wildman–Crippen MR) is 68.5 cm³/mol. The van der Waals surface area contributed by atoms with Crippen molar-refractivity contribution in [1.82, 2.24) is 0 Å². The first-order chi connectivity index (χ1) is 8.25. The van der Waals surface area contributed by atoms with Gasteiger partial charge in [0.15, 0.2) is 0 Å². The highest BCUT2D eigenvalue weighted by Crippen LogP contribution is 2.32. The summed E-state index contributed by atoms with van der Waals surface area (Å²) in [5.74, 6) is -0.0695. The van der Waals surface area contributed by atoms with Crippen molar-refractivity contribution in [2.45, 2.75) is 24.7 Å². The summed E-state index contributed by atoms with van der Waals surface area (Å²) in [6.45, 7) is 3.63. The van der Waals surface area contributed by atoms with Crippen LogP contribution in [0.2, 0.25) is 5.02 Å². The van der Waals surface area contributed by atoms with Crippen LogP contribution in [0, 0.1) is 0 Å². The summed E-state index contributed by atoms with van der Waals surface area (Å²) in [4.78, 5) is 8.46. The van der Waals surface area contributed by atoms with E-state index >= 15 is 0 Å². The number of rotatable bonds is 5. The van der Waals surface area contributed by atoms with Gasteiger partial charge >= 0.3 is 18.1 Å². The minimum absolute atomic E-state index is 0.0365. The average molecular weight is 312 g/mol. The summed E-state index contributed by atoms with van der Waals surface area (Å²) in [7, 11) is -6.82. The molecule has 0 saturated heterocycles. The van der Waals surface area contributed by atoms with E-state index in [9.17, 15) is 13.0 Å². The largest absolute Gasteiger partial charge is 0.535 e. The minimum atomic E-state index is -4.14. The Morgan fingerprint density at radius 3 is 2.56 bits per heavy atom. The molecule has 18 heavy (non-hydrogen) atoms. The van der Waals surface area contributed by atoms with Crippen LogP contribution in [0.1, 0.15) is 25.3 Å². The topological polar surface area (TPSA) is 80.7 Å². The lowest BCUT2D eigenvalue weighted by atomic mass is 10.0. The van der Waals surface area contributed by atoms with E-state index in [0.29, 0.717) is 5.56 Å². The van der Waals surface area contributed by atoms with Gasteiger partial charge in [0.1, 0.15) is 4.90 Å².